The molecule has 0 amide bonds. The van der Waals surface area contributed by atoms with Gasteiger partial charge in [0.15, 0.2) is 5.65 Å². The fourth-order valence-electron chi connectivity index (χ4n) is 4.30. The molecule has 1 N–H and O–H groups in total. The first-order chi connectivity index (χ1) is 15.5. The van der Waals surface area contributed by atoms with Gasteiger partial charge in [-0.1, -0.05) is 23.7 Å². The van der Waals surface area contributed by atoms with E-state index in [0.717, 1.165) is 59.7 Å². The maximum Gasteiger partial charge on any atom is 0.166 e. The molecule has 0 radical (unpaired) electrons. The van der Waals surface area contributed by atoms with E-state index in [9.17, 15) is 0 Å². The second-order valence-electron chi connectivity index (χ2n) is 7.93. The van der Waals surface area contributed by atoms with Crippen LogP contribution in [0.2, 0.25) is 5.15 Å². The molecule has 4 aromatic rings. The van der Waals surface area contributed by atoms with Gasteiger partial charge < -0.3 is 14.8 Å². The molecule has 3 aromatic heterocycles. The van der Waals surface area contributed by atoms with Gasteiger partial charge in [-0.2, -0.15) is 5.10 Å². The van der Waals surface area contributed by atoms with Crippen molar-refractivity contribution in [3.05, 3.63) is 47.6 Å². The third-order valence-corrected chi connectivity index (χ3v) is 5.94. The van der Waals surface area contributed by atoms with Crippen LogP contribution in [0.15, 0.2) is 36.7 Å². The molecule has 8 nitrogen and oxygen atoms in total. The number of anilines is 2. The van der Waals surface area contributed by atoms with E-state index >= 15 is 0 Å². The van der Waals surface area contributed by atoms with E-state index in [-0.39, 0.29) is 6.23 Å². The van der Waals surface area contributed by atoms with Crippen LogP contribution in [0.4, 0.5) is 11.4 Å². The van der Waals surface area contributed by atoms with Crippen LogP contribution in [0.5, 0.6) is 5.75 Å². The third-order valence-electron chi connectivity index (χ3n) is 5.74. The molecule has 1 saturated heterocycles. The molecule has 1 aliphatic heterocycles. The molecule has 1 unspecified atom stereocenters. The van der Waals surface area contributed by atoms with Crippen molar-refractivity contribution in [3.63, 3.8) is 0 Å². The van der Waals surface area contributed by atoms with Crippen LogP contribution < -0.4 is 10.1 Å². The Hall–Kier alpha value is -3.10. The Morgan fingerprint density at radius 2 is 2.09 bits per heavy atom. The number of fused-ring (bicyclic) bond motifs is 1. The molecule has 4 heterocycles. The van der Waals surface area contributed by atoms with Crippen molar-refractivity contribution < 1.29 is 9.47 Å². The lowest BCUT2D eigenvalue weighted by Gasteiger charge is -2.25. The van der Waals surface area contributed by atoms with Crippen LogP contribution in [-0.4, -0.2) is 38.0 Å². The van der Waals surface area contributed by atoms with Crippen LogP contribution in [0.1, 0.15) is 31.3 Å². The summed E-state index contributed by atoms with van der Waals surface area (Å²) in [6.07, 6.45) is 6.83. The minimum Gasteiger partial charge on any atom is -0.494 e. The van der Waals surface area contributed by atoms with Gasteiger partial charge in [-0.25, -0.2) is 9.97 Å². The topological polar surface area (TPSA) is 79.0 Å². The number of aryl methyl sites for hydroxylation is 2. The maximum absolute atomic E-state index is 6.44. The van der Waals surface area contributed by atoms with Gasteiger partial charge in [-0.05, 0) is 32.3 Å². The number of nitrogens with zero attached hydrogens (tertiary/aromatic N) is 5. The third kappa shape index (κ3) is 3.69. The average molecular weight is 453 g/mol. The van der Waals surface area contributed by atoms with Crippen molar-refractivity contribution in [1.29, 1.82) is 0 Å². The van der Waals surface area contributed by atoms with E-state index in [1.54, 1.807) is 17.9 Å². The first-order valence-corrected chi connectivity index (χ1v) is 11.0. The Morgan fingerprint density at radius 1 is 1.22 bits per heavy atom. The average Bonchev–Trinajstić information content (AvgIpc) is 3.36. The van der Waals surface area contributed by atoms with Gasteiger partial charge >= 0.3 is 0 Å². The Bertz CT molecular complexity index is 1280. The van der Waals surface area contributed by atoms with Gasteiger partial charge in [0.2, 0.25) is 0 Å². The van der Waals surface area contributed by atoms with Gasteiger partial charge in [0, 0.05) is 37.0 Å². The number of nitrogens with one attached hydrogen (secondary N) is 1. The number of hydrogen-bond acceptors (Lipinski definition) is 6. The fraction of sp³-hybridized carbons (Fsp3) is 0.348. The SMILES string of the molecule is COc1c(Nc2cc(Cl)nc3c2nc(C)n3C2CCCCO2)cccc1-c1cnn(C)c1. The van der Waals surface area contributed by atoms with E-state index in [0.29, 0.717) is 16.5 Å². The van der Waals surface area contributed by atoms with Crippen LogP contribution in [0, 0.1) is 6.92 Å². The molecule has 0 aliphatic carbocycles. The summed E-state index contributed by atoms with van der Waals surface area (Å²) in [6.45, 7) is 2.72. The first kappa shape index (κ1) is 20.8. The Morgan fingerprint density at radius 3 is 2.81 bits per heavy atom. The molecular weight excluding hydrogens is 428 g/mol. The lowest BCUT2D eigenvalue weighted by Crippen LogP contribution is -2.19. The smallest absolute Gasteiger partial charge is 0.166 e. The molecule has 0 saturated carbocycles. The highest BCUT2D eigenvalue weighted by atomic mass is 35.5. The van der Waals surface area contributed by atoms with Gasteiger partial charge in [-0.15, -0.1) is 0 Å². The number of aromatic nitrogens is 5. The quantitative estimate of drug-likeness (QED) is 0.417. The molecule has 1 fully saturated rings. The number of halogens is 1. The number of ether oxygens (including phenoxy) is 2. The van der Waals surface area contributed by atoms with Gasteiger partial charge in [0.1, 0.15) is 28.5 Å². The number of para-hydroxylation sites is 1. The molecule has 32 heavy (non-hydrogen) atoms. The van der Waals surface area contributed by atoms with E-state index in [4.69, 9.17) is 26.1 Å². The van der Waals surface area contributed by atoms with Crippen molar-refractivity contribution in [2.45, 2.75) is 32.4 Å². The summed E-state index contributed by atoms with van der Waals surface area (Å²) in [6, 6.07) is 7.74. The monoisotopic (exact) mass is 452 g/mol. The molecular formula is C23H25ClN6O2. The minimum atomic E-state index is -0.0731. The number of benzene rings is 1. The summed E-state index contributed by atoms with van der Waals surface area (Å²) in [5.74, 6) is 1.56. The Kier molecular flexibility index (Phi) is 5.48. The highest BCUT2D eigenvalue weighted by Crippen LogP contribution is 2.39. The second kappa shape index (κ2) is 8.44. The number of rotatable bonds is 5. The summed E-state index contributed by atoms with van der Waals surface area (Å²) in [7, 11) is 3.55. The predicted molar refractivity (Wildman–Crippen MR) is 125 cm³/mol. The summed E-state index contributed by atoms with van der Waals surface area (Å²) in [5.41, 5.74) is 4.94. The zero-order valence-corrected chi connectivity index (χ0v) is 19.1. The molecule has 5 rings (SSSR count). The highest BCUT2D eigenvalue weighted by molar-refractivity contribution is 6.30. The standard InChI is InChI=1S/C23H25ClN6O2/c1-14-26-21-18(11-19(24)28-23(21)30(14)20-9-4-5-10-32-20)27-17-8-6-7-16(22(17)31-3)15-12-25-29(2)13-15/h6-8,11-13,20H,4-5,9-10H2,1-3H3,(H,27,28). The predicted octanol–water partition coefficient (Wildman–Crippen LogP) is 5.24. The summed E-state index contributed by atoms with van der Waals surface area (Å²) >= 11 is 6.44. The molecule has 1 aromatic carbocycles. The zero-order valence-electron chi connectivity index (χ0n) is 18.3. The summed E-state index contributed by atoms with van der Waals surface area (Å²) in [4.78, 5) is 9.40. The number of imidazole rings is 1. The highest BCUT2D eigenvalue weighted by Gasteiger charge is 2.23. The first-order valence-electron chi connectivity index (χ1n) is 10.6. The van der Waals surface area contributed by atoms with Crippen molar-refractivity contribution in [3.8, 4) is 16.9 Å². The molecule has 166 valence electrons. The normalized spacial score (nSPS) is 16.4. The minimum absolute atomic E-state index is 0.0731. The van der Waals surface area contributed by atoms with Gasteiger partial charge in [0.25, 0.3) is 0 Å². The lowest BCUT2D eigenvalue weighted by atomic mass is 10.1. The molecule has 0 bridgehead atoms. The number of methoxy groups -OCH3 is 1. The van der Waals surface area contributed by atoms with Crippen LogP contribution in [-0.2, 0) is 11.8 Å². The van der Waals surface area contributed by atoms with Crippen LogP contribution in [0.25, 0.3) is 22.3 Å². The van der Waals surface area contributed by atoms with Crippen LogP contribution in [0.3, 0.4) is 0 Å². The number of pyridine rings is 1. The van der Waals surface area contributed by atoms with E-state index < -0.39 is 0 Å². The summed E-state index contributed by atoms with van der Waals surface area (Å²) < 4.78 is 15.6. The lowest BCUT2D eigenvalue weighted by molar-refractivity contribution is -0.0309. The van der Waals surface area contributed by atoms with E-state index in [1.165, 1.54) is 0 Å². The molecule has 1 atom stereocenters. The van der Waals surface area contributed by atoms with Crippen molar-refractivity contribution in [2.75, 3.05) is 19.0 Å². The molecule has 9 heteroatoms. The van der Waals surface area contributed by atoms with Crippen molar-refractivity contribution >= 4 is 34.1 Å². The largest absolute Gasteiger partial charge is 0.494 e. The second-order valence-corrected chi connectivity index (χ2v) is 8.32. The van der Waals surface area contributed by atoms with Crippen molar-refractivity contribution in [1.82, 2.24) is 24.3 Å². The zero-order chi connectivity index (χ0) is 22.2. The fourth-order valence-corrected chi connectivity index (χ4v) is 4.49. The van der Waals surface area contributed by atoms with Gasteiger partial charge in [0.05, 0.1) is 24.7 Å². The van der Waals surface area contributed by atoms with E-state index in [1.807, 2.05) is 44.6 Å². The van der Waals surface area contributed by atoms with Crippen molar-refractivity contribution in [2.24, 2.45) is 7.05 Å². The molecule has 1 aliphatic rings. The Balaban J connectivity index is 1.59. The number of hydrogen-bond donors (Lipinski definition) is 1. The summed E-state index contributed by atoms with van der Waals surface area (Å²) in [5, 5.41) is 8.14. The van der Waals surface area contributed by atoms with Crippen LogP contribution >= 0.6 is 11.6 Å². The Labute approximate surface area is 191 Å². The maximum atomic E-state index is 6.44. The molecule has 0 spiro atoms. The van der Waals surface area contributed by atoms with Gasteiger partial charge in [-0.3, -0.25) is 9.25 Å². The van der Waals surface area contributed by atoms with E-state index in [2.05, 4.69) is 20.0 Å².